The molecular weight excluding hydrogens is 430 g/mol. The largest absolute Gasteiger partial charge is 0.295 e. The predicted molar refractivity (Wildman–Crippen MR) is 125 cm³/mol. The van der Waals surface area contributed by atoms with E-state index < -0.39 is 10.0 Å². The molecule has 0 unspecified atom stereocenters. The SMILES string of the molecule is CCS(=O)(=O)N1CCc2cc(C(=O)CSc3nccn3-c3cc(C)ccc3C)ccc21. The summed E-state index contributed by atoms with van der Waals surface area (Å²) in [5, 5.41) is 0.767. The van der Waals surface area contributed by atoms with Gasteiger partial charge in [-0.15, -0.1) is 0 Å². The normalized spacial score (nSPS) is 13.5. The molecule has 2 heterocycles. The molecule has 1 aromatic heterocycles. The molecule has 0 amide bonds. The number of sulfonamides is 1. The Balaban J connectivity index is 1.50. The number of thioether (sulfide) groups is 1. The van der Waals surface area contributed by atoms with Crippen molar-refractivity contribution in [2.75, 3.05) is 22.4 Å². The number of anilines is 1. The molecule has 0 atom stereocenters. The summed E-state index contributed by atoms with van der Waals surface area (Å²) < 4.78 is 28.0. The maximum Gasteiger partial charge on any atom is 0.234 e. The van der Waals surface area contributed by atoms with E-state index in [1.165, 1.54) is 21.6 Å². The lowest BCUT2D eigenvalue weighted by Crippen LogP contribution is -2.30. The van der Waals surface area contributed by atoms with Crippen LogP contribution in [-0.4, -0.2) is 41.8 Å². The minimum atomic E-state index is -3.29. The Morgan fingerprint density at radius 3 is 2.71 bits per heavy atom. The van der Waals surface area contributed by atoms with Gasteiger partial charge in [0, 0.05) is 24.5 Å². The molecule has 1 aliphatic heterocycles. The molecular formula is C23H25N3O3S2. The van der Waals surface area contributed by atoms with E-state index in [1.807, 2.05) is 16.8 Å². The zero-order valence-corrected chi connectivity index (χ0v) is 19.5. The molecule has 3 aromatic rings. The standard InChI is InChI=1S/C23H25N3O3S2/c1-4-31(28,29)26-11-9-18-14-19(7-8-20(18)26)22(27)15-30-23-24-10-12-25(23)21-13-16(2)5-6-17(21)3/h5-8,10,12-14H,4,9,11,15H2,1-3H3. The molecule has 0 saturated heterocycles. The van der Waals surface area contributed by atoms with Gasteiger partial charge in [0.25, 0.3) is 0 Å². The second-order valence-corrected chi connectivity index (χ2v) is 10.8. The molecule has 31 heavy (non-hydrogen) atoms. The highest BCUT2D eigenvalue weighted by molar-refractivity contribution is 7.99. The minimum absolute atomic E-state index is 0.000104. The number of hydrogen-bond donors (Lipinski definition) is 0. The first kappa shape index (κ1) is 21.6. The van der Waals surface area contributed by atoms with E-state index in [0.29, 0.717) is 24.2 Å². The van der Waals surface area contributed by atoms with Crippen LogP contribution < -0.4 is 4.31 Å². The van der Waals surface area contributed by atoms with Crippen molar-refractivity contribution < 1.29 is 13.2 Å². The molecule has 1 aliphatic rings. The summed E-state index contributed by atoms with van der Waals surface area (Å²) in [7, 11) is -3.29. The monoisotopic (exact) mass is 455 g/mol. The Bertz CT molecular complexity index is 1250. The van der Waals surface area contributed by atoms with Crippen LogP contribution in [0.25, 0.3) is 5.69 Å². The smallest absolute Gasteiger partial charge is 0.234 e. The zero-order chi connectivity index (χ0) is 22.2. The second-order valence-electron chi connectivity index (χ2n) is 7.65. The fraction of sp³-hybridized carbons (Fsp3) is 0.304. The second kappa shape index (κ2) is 8.51. The van der Waals surface area contributed by atoms with Crippen molar-refractivity contribution in [1.29, 1.82) is 0 Å². The number of aromatic nitrogens is 2. The summed E-state index contributed by atoms with van der Waals surface area (Å²) in [6, 6.07) is 11.6. The molecule has 0 spiro atoms. The van der Waals surface area contributed by atoms with Crippen molar-refractivity contribution in [3.8, 4) is 5.69 Å². The minimum Gasteiger partial charge on any atom is -0.295 e. The Morgan fingerprint density at radius 2 is 1.94 bits per heavy atom. The van der Waals surface area contributed by atoms with Gasteiger partial charge < -0.3 is 0 Å². The topological polar surface area (TPSA) is 72.3 Å². The van der Waals surface area contributed by atoms with Crippen LogP contribution >= 0.6 is 11.8 Å². The number of nitrogens with zero attached hydrogens (tertiary/aromatic N) is 3. The third kappa shape index (κ3) is 4.27. The maximum absolute atomic E-state index is 12.9. The Morgan fingerprint density at radius 1 is 1.13 bits per heavy atom. The molecule has 162 valence electrons. The molecule has 0 aliphatic carbocycles. The summed E-state index contributed by atoms with van der Waals surface area (Å²) in [5.41, 5.74) is 5.57. The van der Waals surface area contributed by atoms with Crippen LogP contribution in [0, 0.1) is 13.8 Å². The first-order valence-electron chi connectivity index (χ1n) is 10.2. The van der Waals surface area contributed by atoms with Gasteiger partial charge >= 0.3 is 0 Å². The summed E-state index contributed by atoms with van der Waals surface area (Å²) in [6.07, 6.45) is 4.28. The number of ketones is 1. The molecule has 0 N–H and O–H groups in total. The van der Waals surface area contributed by atoms with Crippen LogP contribution in [0.5, 0.6) is 0 Å². The van der Waals surface area contributed by atoms with E-state index in [4.69, 9.17) is 0 Å². The summed E-state index contributed by atoms with van der Waals surface area (Å²) in [6.45, 7) is 6.19. The van der Waals surface area contributed by atoms with Crippen molar-refractivity contribution in [3.63, 3.8) is 0 Å². The van der Waals surface area contributed by atoms with Crippen molar-refractivity contribution in [3.05, 3.63) is 71.0 Å². The number of Topliss-reactive ketones (excluding diaryl/α,β-unsaturated/α-hetero) is 1. The molecule has 0 bridgehead atoms. The lowest BCUT2D eigenvalue weighted by molar-refractivity contribution is 0.102. The van der Waals surface area contributed by atoms with Crippen molar-refractivity contribution in [2.45, 2.75) is 32.3 Å². The molecule has 4 rings (SSSR count). The highest BCUT2D eigenvalue weighted by Crippen LogP contribution is 2.32. The number of benzene rings is 2. The molecule has 6 nitrogen and oxygen atoms in total. The summed E-state index contributed by atoms with van der Waals surface area (Å²) >= 11 is 1.40. The van der Waals surface area contributed by atoms with Crippen LogP contribution in [0.15, 0.2) is 53.9 Å². The van der Waals surface area contributed by atoms with E-state index in [1.54, 1.807) is 25.3 Å². The van der Waals surface area contributed by atoms with E-state index in [0.717, 1.165) is 22.0 Å². The van der Waals surface area contributed by atoms with Gasteiger partial charge in [-0.2, -0.15) is 0 Å². The average molecular weight is 456 g/mol. The van der Waals surface area contributed by atoms with Gasteiger partial charge in [0.1, 0.15) is 0 Å². The predicted octanol–water partition coefficient (Wildman–Crippen LogP) is 4.18. The van der Waals surface area contributed by atoms with Crippen LogP contribution in [0.4, 0.5) is 5.69 Å². The van der Waals surface area contributed by atoms with E-state index in [-0.39, 0.29) is 17.3 Å². The van der Waals surface area contributed by atoms with Crippen LogP contribution in [0.1, 0.15) is 34.0 Å². The number of fused-ring (bicyclic) bond motifs is 1. The Kier molecular flexibility index (Phi) is 5.94. The average Bonchev–Trinajstić information content (AvgIpc) is 3.40. The number of carbonyl (C=O) groups is 1. The third-order valence-electron chi connectivity index (χ3n) is 5.52. The summed E-state index contributed by atoms with van der Waals surface area (Å²) in [4.78, 5) is 17.3. The van der Waals surface area contributed by atoms with Crippen molar-refractivity contribution in [1.82, 2.24) is 9.55 Å². The Labute approximate surface area is 187 Å². The zero-order valence-electron chi connectivity index (χ0n) is 17.8. The van der Waals surface area contributed by atoms with E-state index in [9.17, 15) is 13.2 Å². The van der Waals surface area contributed by atoms with E-state index in [2.05, 4.69) is 37.0 Å². The number of rotatable bonds is 7. The van der Waals surface area contributed by atoms with Crippen molar-refractivity contribution >= 4 is 33.3 Å². The van der Waals surface area contributed by atoms with Crippen LogP contribution in [0.2, 0.25) is 0 Å². The quantitative estimate of drug-likeness (QED) is 0.395. The maximum atomic E-state index is 12.9. The third-order valence-corrected chi connectivity index (χ3v) is 8.27. The van der Waals surface area contributed by atoms with Gasteiger partial charge in [0.05, 0.1) is 22.9 Å². The van der Waals surface area contributed by atoms with Gasteiger partial charge in [-0.25, -0.2) is 13.4 Å². The van der Waals surface area contributed by atoms with Gasteiger partial charge in [0.15, 0.2) is 10.9 Å². The molecule has 2 aromatic carbocycles. The number of imidazole rings is 1. The summed E-state index contributed by atoms with van der Waals surface area (Å²) in [5.74, 6) is 0.328. The highest BCUT2D eigenvalue weighted by Gasteiger charge is 2.28. The van der Waals surface area contributed by atoms with Gasteiger partial charge in [0.2, 0.25) is 10.0 Å². The fourth-order valence-electron chi connectivity index (χ4n) is 3.76. The molecule has 0 radical (unpaired) electrons. The fourth-order valence-corrected chi connectivity index (χ4v) is 5.78. The molecule has 0 fully saturated rings. The van der Waals surface area contributed by atoms with E-state index >= 15 is 0 Å². The number of hydrogen-bond acceptors (Lipinski definition) is 5. The van der Waals surface area contributed by atoms with Gasteiger partial charge in [-0.05, 0) is 68.1 Å². The molecule has 0 saturated carbocycles. The van der Waals surface area contributed by atoms with Crippen molar-refractivity contribution in [2.24, 2.45) is 0 Å². The highest BCUT2D eigenvalue weighted by atomic mass is 32.2. The first-order valence-corrected chi connectivity index (χ1v) is 12.8. The van der Waals surface area contributed by atoms with Crippen LogP contribution in [0.3, 0.4) is 0 Å². The Hall–Kier alpha value is -2.58. The van der Waals surface area contributed by atoms with Crippen LogP contribution in [-0.2, 0) is 16.4 Å². The lowest BCUT2D eigenvalue weighted by atomic mass is 10.1. The van der Waals surface area contributed by atoms with Gasteiger partial charge in [-0.3, -0.25) is 13.7 Å². The number of aryl methyl sites for hydroxylation is 2. The number of carbonyl (C=O) groups excluding carboxylic acids is 1. The first-order chi connectivity index (χ1) is 14.8. The lowest BCUT2D eigenvalue weighted by Gasteiger charge is -2.18. The van der Waals surface area contributed by atoms with Gasteiger partial charge in [-0.1, -0.05) is 23.9 Å². The molecule has 8 heteroatoms.